The molecule has 11 heteroatoms. The number of carbonyl (C=O) groups excluding carboxylic acids is 1. The average molecular weight is 458 g/mol. The largest absolute Gasteiger partial charge is 0.377 e. The van der Waals surface area contributed by atoms with Crippen molar-refractivity contribution in [3.05, 3.63) is 53.2 Å². The molecule has 1 aliphatic heterocycles. The second kappa shape index (κ2) is 9.78. The normalized spacial score (nSPS) is 13.6. The summed E-state index contributed by atoms with van der Waals surface area (Å²) in [5.74, 6) is 0.00243. The SMILES string of the molecule is N#Cc1ccc(-c2ccc(Cl)cc2)nc1SCC(=O)Nc1c[n+](N2CCOCC2)no1. The number of halogens is 1. The molecule has 0 saturated carbocycles. The maximum Gasteiger partial charge on any atom is 0.305 e. The number of nitriles is 1. The van der Waals surface area contributed by atoms with Gasteiger partial charge in [-0.05, 0) is 24.3 Å². The number of anilines is 1. The molecular weight excluding hydrogens is 440 g/mol. The number of hydrogen-bond acceptors (Lipinski definition) is 8. The molecule has 0 spiro atoms. The van der Waals surface area contributed by atoms with Gasteiger partial charge in [0.05, 0.1) is 48.1 Å². The van der Waals surface area contributed by atoms with E-state index in [0.717, 1.165) is 5.56 Å². The highest BCUT2D eigenvalue weighted by molar-refractivity contribution is 8.00. The number of nitrogens with zero attached hydrogens (tertiary/aromatic N) is 5. The number of ether oxygens (including phenoxy) is 1. The zero-order valence-corrected chi connectivity index (χ0v) is 17.9. The van der Waals surface area contributed by atoms with Gasteiger partial charge in [-0.2, -0.15) is 5.26 Å². The fourth-order valence-corrected chi connectivity index (χ4v) is 3.81. The molecule has 158 valence electrons. The molecule has 3 heterocycles. The summed E-state index contributed by atoms with van der Waals surface area (Å²) in [5, 5.41) is 19.0. The first kappa shape index (κ1) is 21.1. The zero-order chi connectivity index (χ0) is 21.6. The summed E-state index contributed by atoms with van der Waals surface area (Å²) in [4.78, 5) is 18.5. The summed E-state index contributed by atoms with van der Waals surface area (Å²) in [7, 11) is 0. The Morgan fingerprint density at radius 1 is 1.26 bits per heavy atom. The van der Waals surface area contributed by atoms with Crippen molar-refractivity contribution in [2.24, 2.45) is 0 Å². The molecular formula is C20H18ClN6O3S+. The van der Waals surface area contributed by atoms with E-state index >= 15 is 0 Å². The summed E-state index contributed by atoms with van der Waals surface area (Å²) in [6, 6.07) is 12.8. The standard InChI is InChI=1S/C20H17ClN6O3S/c21-16-4-1-14(2-5-16)17-6-3-15(11-22)20(23-17)31-13-18(28)24-19-12-27(25-30-19)26-7-9-29-10-8-26/h1-6,12H,7-10,13H2/p+1. The van der Waals surface area contributed by atoms with Gasteiger partial charge in [0.25, 0.3) is 6.20 Å². The molecule has 1 amide bonds. The fourth-order valence-electron chi connectivity index (χ4n) is 2.91. The van der Waals surface area contributed by atoms with Crippen LogP contribution < -0.4 is 15.1 Å². The minimum absolute atomic E-state index is 0.0595. The van der Waals surface area contributed by atoms with Crippen LogP contribution in [0, 0.1) is 11.3 Å². The van der Waals surface area contributed by atoms with Crippen molar-refractivity contribution in [2.75, 3.05) is 42.4 Å². The van der Waals surface area contributed by atoms with Gasteiger partial charge in [-0.3, -0.25) is 14.6 Å². The van der Waals surface area contributed by atoms with Crippen LogP contribution in [0.25, 0.3) is 11.3 Å². The molecule has 31 heavy (non-hydrogen) atoms. The molecule has 0 radical (unpaired) electrons. The number of nitrogens with one attached hydrogen (secondary N) is 1. The van der Waals surface area contributed by atoms with E-state index in [1.54, 1.807) is 35.3 Å². The van der Waals surface area contributed by atoms with Crippen LogP contribution >= 0.6 is 23.4 Å². The summed E-state index contributed by atoms with van der Waals surface area (Å²) < 4.78 is 10.5. The quantitative estimate of drug-likeness (QED) is 0.443. The van der Waals surface area contributed by atoms with Crippen LogP contribution in [0.5, 0.6) is 0 Å². The molecule has 1 saturated heterocycles. The third-order valence-corrected chi connectivity index (χ3v) is 5.70. The van der Waals surface area contributed by atoms with E-state index in [0.29, 0.717) is 47.6 Å². The third kappa shape index (κ3) is 5.32. The smallest absolute Gasteiger partial charge is 0.305 e. The van der Waals surface area contributed by atoms with Crippen LogP contribution in [0.15, 0.2) is 52.1 Å². The van der Waals surface area contributed by atoms with Gasteiger partial charge in [0.15, 0.2) is 0 Å². The van der Waals surface area contributed by atoms with E-state index in [-0.39, 0.29) is 17.5 Å². The number of pyridine rings is 1. The summed E-state index contributed by atoms with van der Waals surface area (Å²) >= 11 is 7.12. The first-order chi connectivity index (χ1) is 15.1. The molecule has 1 aliphatic rings. The molecule has 0 unspecified atom stereocenters. The van der Waals surface area contributed by atoms with Crippen molar-refractivity contribution in [3.8, 4) is 17.3 Å². The Bertz CT molecular complexity index is 1110. The number of aromatic nitrogens is 3. The Hall–Kier alpha value is -3.13. The molecule has 0 aliphatic carbocycles. The van der Waals surface area contributed by atoms with Crippen molar-refractivity contribution in [3.63, 3.8) is 0 Å². The molecule has 9 nitrogen and oxygen atoms in total. The Kier molecular flexibility index (Phi) is 6.66. The second-order valence-corrected chi connectivity index (χ2v) is 7.96. The Labute approximate surface area is 187 Å². The van der Waals surface area contributed by atoms with Gasteiger partial charge in [0.2, 0.25) is 11.2 Å². The summed E-state index contributed by atoms with van der Waals surface area (Å²) in [6.45, 7) is 2.60. The lowest BCUT2D eigenvalue weighted by Crippen LogP contribution is -2.62. The Morgan fingerprint density at radius 2 is 2.03 bits per heavy atom. The number of benzene rings is 1. The maximum atomic E-state index is 12.4. The van der Waals surface area contributed by atoms with Gasteiger partial charge in [0.1, 0.15) is 11.1 Å². The van der Waals surface area contributed by atoms with Crippen molar-refractivity contribution < 1.29 is 18.8 Å². The Balaban J connectivity index is 1.39. The van der Waals surface area contributed by atoms with Crippen molar-refractivity contribution in [1.29, 1.82) is 5.26 Å². The van der Waals surface area contributed by atoms with Gasteiger partial charge in [-0.25, -0.2) is 4.98 Å². The Morgan fingerprint density at radius 3 is 2.77 bits per heavy atom. The van der Waals surface area contributed by atoms with Gasteiger partial charge in [-0.15, -0.1) is 5.01 Å². The van der Waals surface area contributed by atoms with Crippen LogP contribution in [-0.4, -0.2) is 48.2 Å². The van der Waals surface area contributed by atoms with Gasteiger partial charge < -0.3 is 4.74 Å². The molecule has 2 aromatic heterocycles. The predicted octanol–water partition coefficient (Wildman–Crippen LogP) is 2.25. The highest BCUT2D eigenvalue weighted by Gasteiger charge is 2.23. The first-order valence-electron chi connectivity index (χ1n) is 9.44. The lowest BCUT2D eigenvalue weighted by Gasteiger charge is -2.18. The summed E-state index contributed by atoms with van der Waals surface area (Å²) in [5.41, 5.74) is 1.97. The minimum atomic E-state index is -0.294. The third-order valence-electron chi connectivity index (χ3n) is 4.46. The number of thioether (sulfide) groups is 1. The van der Waals surface area contributed by atoms with Crippen molar-refractivity contribution >= 4 is 35.2 Å². The monoisotopic (exact) mass is 457 g/mol. The molecule has 1 N–H and O–H groups in total. The van der Waals surface area contributed by atoms with E-state index in [2.05, 4.69) is 21.6 Å². The van der Waals surface area contributed by atoms with Crippen LogP contribution in [0.1, 0.15) is 5.56 Å². The molecule has 0 atom stereocenters. The van der Waals surface area contributed by atoms with E-state index in [1.165, 1.54) is 11.8 Å². The van der Waals surface area contributed by atoms with Crippen LogP contribution in [-0.2, 0) is 9.53 Å². The topological polar surface area (TPSA) is 108 Å². The predicted molar refractivity (Wildman–Crippen MR) is 114 cm³/mol. The highest BCUT2D eigenvalue weighted by Crippen LogP contribution is 2.26. The van der Waals surface area contributed by atoms with E-state index in [1.807, 2.05) is 17.1 Å². The van der Waals surface area contributed by atoms with E-state index in [4.69, 9.17) is 20.9 Å². The van der Waals surface area contributed by atoms with Crippen LogP contribution in [0.2, 0.25) is 5.02 Å². The van der Waals surface area contributed by atoms with Crippen LogP contribution in [0.3, 0.4) is 0 Å². The molecule has 1 fully saturated rings. The molecule has 4 rings (SSSR count). The van der Waals surface area contributed by atoms with Crippen LogP contribution in [0.4, 0.5) is 5.88 Å². The maximum absolute atomic E-state index is 12.4. The molecule has 1 aromatic carbocycles. The number of hydrogen-bond donors (Lipinski definition) is 1. The fraction of sp³-hybridized carbons (Fsp3) is 0.250. The van der Waals surface area contributed by atoms with E-state index < -0.39 is 0 Å². The number of rotatable bonds is 6. The lowest BCUT2D eigenvalue weighted by molar-refractivity contribution is -0.759. The van der Waals surface area contributed by atoms with Gasteiger partial charge >= 0.3 is 5.88 Å². The number of amides is 1. The molecule has 0 bridgehead atoms. The number of morpholine rings is 1. The minimum Gasteiger partial charge on any atom is -0.377 e. The number of carbonyl (C=O) groups is 1. The van der Waals surface area contributed by atoms with Gasteiger partial charge in [-0.1, -0.05) is 35.5 Å². The van der Waals surface area contributed by atoms with Crippen molar-refractivity contribution in [1.82, 2.24) is 10.3 Å². The van der Waals surface area contributed by atoms with Crippen molar-refractivity contribution in [2.45, 2.75) is 5.03 Å². The summed E-state index contributed by atoms with van der Waals surface area (Å²) in [6.07, 6.45) is 1.61. The van der Waals surface area contributed by atoms with E-state index in [9.17, 15) is 10.1 Å². The average Bonchev–Trinajstić information content (AvgIpc) is 3.27. The molecule has 3 aromatic rings. The highest BCUT2D eigenvalue weighted by atomic mass is 35.5. The second-order valence-electron chi connectivity index (χ2n) is 6.56. The van der Waals surface area contributed by atoms with Gasteiger partial charge in [0, 0.05) is 10.6 Å². The first-order valence-corrected chi connectivity index (χ1v) is 10.8. The lowest BCUT2D eigenvalue weighted by atomic mass is 10.1. The zero-order valence-electron chi connectivity index (χ0n) is 16.3.